The predicted octanol–water partition coefficient (Wildman–Crippen LogP) is 6.64. The first-order valence-electron chi connectivity index (χ1n) is 15.6. The van der Waals surface area contributed by atoms with E-state index in [0.29, 0.717) is 54.8 Å². The Morgan fingerprint density at radius 2 is 2.10 bits per heavy atom. The molecule has 0 radical (unpaired) electrons. The molecule has 0 spiro atoms. The van der Waals surface area contributed by atoms with Crippen LogP contribution in [0.2, 0.25) is 5.02 Å². The number of halogens is 5. The zero-order chi connectivity index (χ0) is 33.6. The maximum atomic E-state index is 17.2. The minimum atomic E-state index is -1.67. The minimum Gasteiger partial charge on any atom is -0.461 e. The molecule has 7 heterocycles. The van der Waals surface area contributed by atoms with Gasteiger partial charge in [0, 0.05) is 48.2 Å². The van der Waals surface area contributed by atoms with Gasteiger partial charge in [0.1, 0.15) is 29.0 Å². The van der Waals surface area contributed by atoms with Gasteiger partial charge in [-0.25, -0.2) is 8.78 Å². The molecule has 3 aromatic heterocycles. The van der Waals surface area contributed by atoms with Gasteiger partial charge < -0.3 is 20.7 Å². The van der Waals surface area contributed by atoms with Crippen molar-refractivity contribution in [1.29, 1.82) is 5.26 Å². The summed E-state index contributed by atoms with van der Waals surface area (Å²) in [7, 11) is 0. The monoisotopic (exact) mass is 696 g/mol. The van der Waals surface area contributed by atoms with Crippen LogP contribution in [-0.2, 0) is 0 Å². The molecule has 3 atom stereocenters. The number of hydrogen-bond donors (Lipinski definition) is 2. The molecule has 3 fully saturated rings. The van der Waals surface area contributed by atoms with Crippen LogP contribution in [0.25, 0.3) is 37.8 Å². The molecule has 0 aliphatic carbocycles. The number of nitrogens with one attached hydrogen (secondary N) is 1. The third kappa shape index (κ3) is 4.58. The van der Waals surface area contributed by atoms with E-state index in [4.69, 9.17) is 27.1 Å². The van der Waals surface area contributed by atoms with E-state index in [2.05, 4.69) is 26.8 Å². The Labute approximate surface area is 281 Å². The second-order valence-electron chi connectivity index (χ2n) is 13.0. The van der Waals surface area contributed by atoms with Crippen molar-refractivity contribution in [2.24, 2.45) is 0 Å². The standard InChI is InChI=1S/C33H29ClF4N8OS/c1-14-6-17-9-41-15(2)11-46(17)31-22-20(14)24(34)23(26-21-18(8-39)30(40)48-28(21)19(35)10-42-26)25(36)27(22)43-32(44-31)47-13-33-4-3-5-45(33)12-16(7-33)29(37)38/h10,15,17,41H,1,3-7,9,11-13,40H2,2H3/t15?,17-,33?/m1/s1. The maximum absolute atomic E-state index is 17.2. The summed E-state index contributed by atoms with van der Waals surface area (Å²) in [5.41, 5.74) is 6.22. The molecule has 248 valence electrons. The smallest absolute Gasteiger partial charge is 0.319 e. The Bertz CT molecular complexity index is 2150. The van der Waals surface area contributed by atoms with Crippen molar-refractivity contribution in [3.05, 3.63) is 52.2 Å². The van der Waals surface area contributed by atoms with E-state index in [-0.39, 0.29) is 85.7 Å². The number of hydrogen-bond acceptors (Lipinski definition) is 10. The Balaban J connectivity index is 1.36. The quantitative estimate of drug-likeness (QED) is 0.227. The molecular weight excluding hydrogens is 668 g/mol. The van der Waals surface area contributed by atoms with Crippen molar-refractivity contribution in [1.82, 2.24) is 25.2 Å². The molecule has 3 saturated heterocycles. The number of piperazine rings is 1. The van der Waals surface area contributed by atoms with Gasteiger partial charge in [0.15, 0.2) is 11.6 Å². The fourth-order valence-corrected chi connectivity index (χ4v) is 9.24. The lowest BCUT2D eigenvalue weighted by molar-refractivity contribution is 0.108. The zero-order valence-corrected chi connectivity index (χ0v) is 27.3. The predicted molar refractivity (Wildman–Crippen MR) is 177 cm³/mol. The van der Waals surface area contributed by atoms with Crippen LogP contribution >= 0.6 is 22.9 Å². The summed E-state index contributed by atoms with van der Waals surface area (Å²) in [6.07, 6.45) is 1.42. The highest BCUT2D eigenvalue weighted by molar-refractivity contribution is 7.23. The summed E-state index contributed by atoms with van der Waals surface area (Å²) >= 11 is 7.99. The third-order valence-electron chi connectivity index (χ3n) is 10.2. The van der Waals surface area contributed by atoms with Gasteiger partial charge in [-0.2, -0.15) is 24.0 Å². The molecule has 1 aromatic carbocycles. The van der Waals surface area contributed by atoms with Crippen LogP contribution in [0.4, 0.5) is 28.4 Å². The molecule has 8 rings (SSSR count). The number of nitriles is 1. The number of nitrogens with two attached hydrogens (primary N) is 1. The summed E-state index contributed by atoms with van der Waals surface area (Å²) in [5.74, 6) is -1.14. The van der Waals surface area contributed by atoms with Gasteiger partial charge in [-0.1, -0.05) is 18.2 Å². The first-order chi connectivity index (χ1) is 23.0. The van der Waals surface area contributed by atoms with Crippen LogP contribution in [0.15, 0.2) is 24.4 Å². The largest absolute Gasteiger partial charge is 0.461 e. The SMILES string of the molecule is C=C1C[C@@H]2CNC(C)CN2c2nc(OCC34CCCN3CC(=C(F)F)C4)nc3c(F)c(-c4ncc(F)c5sc(N)c(C#N)c45)c(Cl)c1c23. The highest BCUT2D eigenvalue weighted by Crippen LogP contribution is 2.50. The van der Waals surface area contributed by atoms with Gasteiger partial charge in [0.05, 0.1) is 43.7 Å². The second kappa shape index (κ2) is 11.3. The van der Waals surface area contributed by atoms with E-state index in [1.54, 1.807) is 0 Å². The van der Waals surface area contributed by atoms with Crippen LogP contribution in [-0.4, -0.2) is 70.3 Å². The highest BCUT2D eigenvalue weighted by atomic mass is 35.5. The molecule has 9 nitrogen and oxygen atoms in total. The molecule has 48 heavy (non-hydrogen) atoms. The summed E-state index contributed by atoms with van der Waals surface area (Å²) in [4.78, 5) is 17.8. The molecule has 0 amide bonds. The number of nitrogen functional groups attached to an aromatic ring is 1. The number of fused-ring (bicyclic) bond motifs is 4. The average molecular weight is 697 g/mol. The van der Waals surface area contributed by atoms with Gasteiger partial charge >= 0.3 is 6.01 Å². The Hall–Kier alpha value is -4.03. The molecule has 3 N–H and O–H groups in total. The molecular formula is C33H29ClF4N8OS. The van der Waals surface area contributed by atoms with Crippen molar-refractivity contribution in [2.45, 2.75) is 50.2 Å². The number of nitrogens with zero attached hydrogens (tertiary/aromatic N) is 6. The molecule has 0 saturated carbocycles. The molecule has 4 aliphatic heterocycles. The molecule has 0 bridgehead atoms. The second-order valence-corrected chi connectivity index (χ2v) is 14.5. The van der Waals surface area contributed by atoms with Gasteiger partial charge in [-0.15, -0.1) is 11.3 Å². The van der Waals surface area contributed by atoms with Gasteiger partial charge in [-0.3, -0.25) is 9.88 Å². The van der Waals surface area contributed by atoms with Gasteiger partial charge in [-0.05, 0) is 44.7 Å². The first kappa shape index (κ1) is 31.3. The Morgan fingerprint density at radius 1 is 1.29 bits per heavy atom. The third-order valence-corrected chi connectivity index (χ3v) is 11.6. The molecule has 2 unspecified atom stereocenters. The van der Waals surface area contributed by atoms with E-state index >= 15 is 4.39 Å². The van der Waals surface area contributed by atoms with Crippen LogP contribution in [0.1, 0.15) is 43.7 Å². The molecule has 4 aromatic rings. The minimum absolute atomic E-state index is 0.0163. The number of thiophene rings is 1. The van der Waals surface area contributed by atoms with E-state index in [0.717, 1.165) is 24.0 Å². The normalized spacial score (nSPS) is 23.8. The van der Waals surface area contributed by atoms with Crippen LogP contribution in [0, 0.1) is 23.0 Å². The van der Waals surface area contributed by atoms with E-state index in [1.807, 2.05) is 17.9 Å². The zero-order valence-electron chi connectivity index (χ0n) is 25.8. The van der Waals surface area contributed by atoms with Gasteiger partial charge in [0.25, 0.3) is 6.08 Å². The van der Waals surface area contributed by atoms with Crippen LogP contribution in [0.3, 0.4) is 0 Å². The van der Waals surface area contributed by atoms with Crippen LogP contribution < -0.4 is 20.7 Å². The lowest BCUT2D eigenvalue weighted by Gasteiger charge is -2.39. The number of aromatic nitrogens is 3. The summed E-state index contributed by atoms with van der Waals surface area (Å²) < 4.78 is 65.8. The summed E-state index contributed by atoms with van der Waals surface area (Å²) in [5, 5.41) is 13.9. The fraction of sp³-hybridized carbons (Fsp3) is 0.394. The van der Waals surface area contributed by atoms with Crippen LogP contribution in [0.5, 0.6) is 6.01 Å². The highest BCUT2D eigenvalue weighted by Gasteiger charge is 2.48. The van der Waals surface area contributed by atoms with Crippen molar-refractivity contribution in [3.8, 4) is 23.3 Å². The molecule has 15 heteroatoms. The van der Waals surface area contributed by atoms with Gasteiger partial charge in [0.2, 0.25) is 0 Å². The first-order valence-corrected chi connectivity index (χ1v) is 16.8. The lowest BCUT2D eigenvalue weighted by Crippen LogP contribution is -2.55. The maximum Gasteiger partial charge on any atom is 0.319 e. The van der Waals surface area contributed by atoms with E-state index in [9.17, 15) is 18.4 Å². The number of benzene rings is 1. The number of rotatable bonds is 4. The topological polar surface area (TPSA) is 116 Å². The van der Waals surface area contributed by atoms with E-state index < -0.39 is 23.3 Å². The van der Waals surface area contributed by atoms with Crippen molar-refractivity contribution in [3.63, 3.8) is 0 Å². The van der Waals surface area contributed by atoms with Crippen molar-refractivity contribution in [2.75, 3.05) is 43.4 Å². The number of anilines is 2. The Morgan fingerprint density at radius 3 is 2.88 bits per heavy atom. The summed E-state index contributed by atoms with van der Waals surface area (Å²) in [6.45, 7) is 8.42. The molecule has 4 aliphatic rings. The number of pyridine rings is 1. The lowest BCUT2D eigenvalue weighted by atomic mass is 9.93. The number of ether oxygens (including phenoxy) is 1. The van der Waals surface area contributed by atoms with Crippen molar-refractivity contribution < 1.29 is 22.3 Å². The average Bonchev–Trinajstić information content (AvgIpc) is 3.70. The fourth-order valence-electron chi connectivity index (χ4n) is 7.92. The summed E-state index contributed by atoms with van der Waals surface area (Å²) in [6, 6.07) is 1.87. The Kier molecular flexibility index (Phi) is 7.33. The van der Waals surface area contributed by atoms with E-state index in [1.165, 1.54) is 0 Å². The van der Waals surface area contributed by atoms with Crippen molar-refractivity contribution >= 4 is 60.3 Å².